The van der Waals surface area contributed by atoms with Crippen molar-refractivity contribution in [2.45, 2.75) is 24.8 Å². The molecule has 1 atom stereocenters. The minimum atomic E-state index is -0.668. The molecule has 2 rings (SSSR count). The summed E-state index contributed by atoms with van der Waals surface area (Å²) in [6.07, 6.45) is 3.59. The maximum Gasteiger partial charge on any atom is 0.262 e. The molecule has 0 saturated carbocycles. The average molecular weight is 369 g/mol. The molecule has 6 heteroatoms. The smallest absolute Gasteiger partial charge is 0.262 e. The van der Waals surface area contributed by atoms with Crippen molar-refractivity contribution in [3.8, 4) is 0 Å². The van der Waals surface area contributed by atoms with Crippen molar-refractivity contribution >= 4 is 29.8 Å². The largest absolute Gasteiger partial charge is 0.340 e. The summed E-state index contributed by atoms with van der Waals surface area (Å²) in [4.78, 5) is 25.8. The van der Waals surface area contributed by atoms with Crippen LogP contribution in [0.4, 0.5) is 0 Å². The molecule has 2 N–H and O–H groups in total. The molecule has 0 aliphatic carbocycles. The number of benzene rings is 2. The molecule has 0 heterocycles. The number of hydrogen-bond donors (Lipinski definition) is 2. The van der Waals surface area contributed by atoms with Gasteiger partial charge in [-0.25, -0.2) is 5.43 Å². The fourth-order valence-electron chi connectivity index (χ4n) is 2.28. The highest BCUT2D eigenvalue weighted by Crippen LogP contribution is 2.13. The van der Waals surface area contributed by atoms with E-state index in [9.17, 15) is 9.59 Å². The molecular formula is C20H23N3O2S. The molecule has 2 aromatic carbocycles. The monoisotopic (exact) mass is 369 g/mol. The number of thioether (sulfide) groups is 1. The molecule has 0 aliphatic rings. The van der Waals surface area contributed by atoms with Crippen LogP contribution in [0.15, 0.2) is 64.6 Å². The number of carbonyl (C=O) groups is 2. The summed E-state index contributed by atoms with van der Waals surface area (Å²) in [5.74, 6) is -0.698. The highest BCUT2D eigenvalue weighted by molar-refractivity contribution is 7.98. The molecule has 26 heavy (non-hydrogen) atoms. The van der Waals surface area contributed by atoms with Gasteiger partial charge < -0.3 is 5.32 Å². The molecule has 0 saturated heterocycles. The molecule has 0 bridgehead atoms. The first-order valence-electron chi connectivity index (χ1n) is 8.34. The third-order valence-electron chi connectivity index (χ3n) is 3.78. The van der Waals surface area contributed by atoms with E-state index in [-0.39, 0.29) is 17.7 Å². The van der Waals surface area contributed by atoms with Gasteiger partial charge in [0.25, 0.3) is 11.8 Å². The molecule has 136 valence electrons. The van der Waals surface area contributed by atoms with Gasteiger partial charge in [0, 0.05) is 10.5 Å². The van der Waals surface area contributed by atoms with Crippen LogP contribution in [0.3, 0.4) is 0 Å². The van der Waals surface area contributed by atoms with Gasteiger partial charge in [0.1, 0.15) is 6.04 Å². The summed E-state index contributed by atoms with van der Waals surface area (Å²) in [5, 5.41) is 6.77. The molecule has 0 aliphatic heterocycles. The second-order valence-electron chi connectivity index (χ2n) is 6.07. The van der Waals surface area contributed by atoms with E-state index in [1.54, 1.807) is 42.2 Å². The number of hydrazone groups is 1. The van der Waals surface area contributed by atoms with Gasteiger partial charge in [0.15, 0.2) is 0 Å². The normalized spacial score (nSPS) is 12.2. The topological polar surface area (TPSA) is 70.6 Å². The van der Waals surface area contributed by atoms with Gasteiger partial charge in [-0.1, -0.05) is 44.2 Å². The molecule has 0 aromatic heterocycles. The van der Waals surface area contributed by atoms with Crippen LogP contribution < -0.4 is 10.7 Å². The Morgan fingerprint density at radius 3 is 2.27 bits per heavy atom. The van der Waals surface area contributed by atoms with Crippen molar-refractivity contribution in [1.29, 1.82) is 0 Å². The van der Waals surface area contributed by atoms with Gasteiger partial charge in [-0.2, -0.15) is 5.10 Å². The summed E-state index contributed by atoms with van der Waals surface area (Å²) >= 11 is 1.66. The number of nitrogens with zero attached hydrogens (tertiary/aromatic N) is 1. The van der Waals surface area contributed by atoms with Crippen LogP contribution in [0.25, 0.3) is 0 Å². The minimum absolute atomic E-state index is 0.0706. The fraction of sp³-hybridized carbons (Fsp3) is 0.250. The van der Waals surface area contributed by atoms with E-state index in [1.807, 2.05) is 50.4 Å². The Hall–Kier alpha value is -2.60. The first-order chi connectivity index (χ1) is 12.5. The van der Waals surface area contributed by atoms with Gasteiger partial charge in [-0.05, 0) is 42.0 Å². The summed E-state index contributed by atoms with van der Waals surface area (Å²) < 4.78 is 0. The highest BCUT2D eigenvalue weighted by Gasteiger charge is 2.24. The van der Waals surface area contributed by atoms with Crippen molar-refractivity contribution in [2.24, 2.45) is 11.0 Å². The van der Waals surface area contributed by atoms with Crippen molar-refractivity contribution in [2.75, 3.05) is 6.26 Å². The quantitative estimate of drug-likeness (QED) is 0.447. The lowest BCUT2D eigenvalue weighted by molar-refractivity contribution is -0.123. The third-order valence-corrected chi connectivity index (χ3v) is 4.52. The van der Waals surface area contributed by atoms with Crippen LogP contribution in [0.2, 0.25) is 0 Å². The Morgan fingerprint density at radius 1 is 1.04 bits per heavy atom. The van der Waals surface area contributed by atoms with Gasteiger partial charge >= 0.3 is 0 Å². The number of amides is 2. The zero-order valence-electron chi connectivity index (χ0n) is 15.1. The Morgan fingerprint density at radius 2 is 1.69 bits per heavy atom. The highest BCUT2D eigenvalue weighted by atomic mass is 32.2. The van der Waals surface area contributed by atoms with Gasteiger partial charge in [-0.15, -0.1) is 11.8 Å². The van der Waals surface area contributed by atoms with Crippen molar-refractivity contribution in [3.05, 3.63) is 65.7 Å². The Balaban J connectivity index is 1.97. The number of rotatable bonds is 7. The fourth-order valence-corrected chi connectivity index (χ4v) is 2.69. The second kappa shape index (κ2) is 9.77. The third kappa shape index (κ3) is 5.74. The SMILES string of the molecule is CSc1ccc(/C=N/NC(=O)C(NC(=O)c2ccccc2)C(C)C)cc1. The summed E-state index contributed by atoms with van der Waals surface area (Å²) in [6, 6.07) is 16.0. The average Bonchev–Trinajstić information content (AvgIpc) is 2.66. The number of carbonyl (C=O) groups excluding carboxylic acids is 2. The zero-order valence-corrected chi connectivity index (χ0v) is 15.9. The second-order valence-corrected chi connectivity index (χ2v) is 6.95. The van der Waals surface area contributed by atoms with E-state index in [0.29, 0.717) is 5.56 Å². The molecule has 0 spiro atoms. The lowest BCUT2D eigenvalue weighted by Gasteiger charge is -2.20. The number of hydrogen-bond acceptors (Lipinski definition) is 4. The van der Waals surface area contributed by atoms with Crippen LogP contribution in [0, 0.1) is 5.92 Å². The van der Waals surface area contributed by atoms with Gasteiger partial charge in [0.05, 0.1) is 6.21 Å². The maximum atomic E-state index is 12.4. The molecule has 0 fully saturated rings. The predicted molar refractivity (Wildman–Crippen MR) is 106 cm³/mol. The molecule has 2 aromatic rings. The van der Waals surface area contributed by atoms with Gasteiger partial charge in [0.2, 0.25) is 0 Å². The van der Waals surface area contributed by atoms with Crippen LogP contribution in [0.5, 0.6) is 0 Å². The Bertz CT molecular complexity index is 758. The summed E-state index contributed by atoms with van der Waals surface area (Å²) in [6.45, 7) is 3.75. The molecule has 5 nitrogen and oxygen atoms in total. The lowest BCUT2D eigenvalue weighted by Crippen LogP contribution is -2.48. The van der Waals surface area contributed by atoms with E-state index < -0.39 is 6.04 Å². The van der Waals surface area contributed by atoms with Crippen molar-refractivity contribution in [1.82, 2.24) is 10.7 Å². The van der Waals surface area contributed by atoms with Crippen LogP contribution in [-0.2, 0) is 4.79 Å². The lowest BCUT2D eigenvalue weighted by atomic mass is 10.0. The Kier molecular flexibility index (Phi) is 7.41. The first kappa shape index (κ1) is 19.7. The van der Waals surface area contributed by atoms with E-state index in [4.69, 9.17) is 0 Å². The zero-order chi connectivity index (χ0) is 18.9. The molecule has 2 amide bonds. The van der Waals surface area contributed by atoms with E-state index in [2.05, 4.69) is 15.8 Å². The maximum absolute atomic E-state index is 12.4. The predicted octanol–water partition coefficient (Wildman–Crippen LogP) is 3.31. The summed E-state index contributed by atoms with van der Waals surface area (Å²) in [7, 11) is 0. The van der Waals surface area contributed by atoms with Crippen LogP contribution in [0.1, 0.15) is 29.8 Å². The van der Waals surface area contributed by atoms with E-state index >= 15 is 0 Å². The summed E-state index contributed by atoms with van der Waals surface area (Å²) in [5.41, 5.74) is 3.91. The molecular weight excluding hydrogens is 346 g/mol. The van der Waals surface area contributed by atoms with Crippen LogP contribution >= 0.6 is 11.8 Å². The van der Waals surface area contributed by atoms with Crippen molar-refractivity contribution in [3.63, 3.8) is 0 Å². The van der Waals surface area contributed by atoms with Crippen molar-refractivity contribution < 1.29 is 9.59 Å². The Labute approximate surface area is 158 Å². The van der Waals surface area contributed by atoms with E-state index in [1.165, 1.54) is 0 Å². The number of nitrogens with one attached hydrogen (secondary N) is 2. The first-order valence-corrected chi connectivity index (χ1v) is 9.56. The molecule has 1 unspecified atom stereocenters. The van der Waals surface area contributed by atoms with Gasteiger partial charge in [-0.3, -0.25) is 9.59 Å². The molecule has 0 radical (unpaired) electrons. The standard InChI is InChI=1S/C20H23N3O2S/c1-14(2)18(22-19(24)16-7-5-4-6-8-16)20(25)23-21-13-15-9-11-17(26-3)12-10-15/h4-14,18H,1-3H3,(H,22,24)(H,23,25)/b21-13+. The van der Waals surface area contributed by atoms with Crippen LogP contribution in [-0.4, -0.2) is 30.3 Å². The van der Waals surface area contributed by atoms with E-state index in [0.717, 1.165) is 10.5 Å². The minimum Gasteiger partial charge on any atom is -0.340 e.